The van der Waals surface area contributed by atoms with Crippen LogP contribution in [0.1, 0.15) is 46.1 Å². The molecule has 1 amide bonds. The fraction of sp³-hybridized carbons (Fsp3) is 0.375. The van der Waals surface area contributed by atoms with Crippen molar-refractivity contribution in [2.45, 2.75) is 32.2 Å². The number of nitrogens with zero attached hydrogens (tertiary/aromatic N) is 2. The predicted octanol–water partition coefficient (Wildman–Crippen LogP) is 3.30. The van der Waals surface area contributed by atoms with E-state index in [1.807, 2.05) is 43.0 Å². The second-order valence-electron chi connectivity index (χ2n) is 5.55. The first kappa shape index (κ1) is 14.3. The molecule has 5 heteroatoms. The van der Waals surface area contributed by atoms with Gasteiger partial charge in [0.15, 0.2) is 0 Å². The van der Waals surface area contributed by atoms with Crippen LogP contribution in [0.2, 0.25) is 0 Å². The van der Waals surface area contributed by atoms with Gasteiger partial charge < -0.3 is 5.32 Å². The van der Waals surface area contributed by atoms with Gasteiger partial charge in [-0.2, -0.15) is 5.10 Å². The average molecular weight is 348 g/mol. The third-order valence-corrected chi connectivity index (χ3v) is 4.97. The largest absolute Gasteiger partial charge is 0.345 e. The Labute approximate surface area is 132 Å². The van der Waals surface area contributed by atoms with Crippen LogP contribution in [0.25, 0.3) is 0 Å². The highest BCUT2D eigenvalue weighted by molar-refractivity contribution is 9.10. The highest BCUT2D eigenvalue weighted by Gasteiger charge is 2.25. The van der Waals surface area contributed by atoms with Crippen molar-refractivity contribution in [3.05, 3.63) is 51.3 Å². The molecule has 1 aromatic heterocycles. The minimum Gasteiger partial charge on any atom is -0.345 e. The third kappa shape index (κ3) is 2.75. The van der Waals surface area contributed by atoms with Crippen LogP contribution in [0, 0.1) is 6.92 Å². The minimum atomic E-state index is -0.0302. The van der Waals surface area contributed by atoms with Crippen LogP contribution >= 0.6 is 15.9 Å². The van der Waals surface area contributed by atoms with Crippen LogP contribution in [0.3, 0.4) is 0 Å². The fourth-order valence-electron chi connectivity index (χ4n) is 2.83. The lowest BCUT2D eigenvalue weighted by molar-refractivity contribution is 0.0932. The molecule has 21 heavy (non-hydrogen) atoms. The number of carbonyl (C=O) groups is 1. The summed E-state index contributed by atoms with van der Waals surface area (Å²) < 4.78 is 2.87. The molecule has 2 aromatic rings. The normalized spacial score (nSPS) is 17.4. The van der Waals surface area contributed by atoms with Crippen LogP contribution < -0.4 is 5.32 Å². The molecule has 1 N–H and O–H groups in total. The van der Waals surface area contributed by atoms with Gasteiger partial charge in [0.05, 0.1) is 12.2 Å². The molecule has 1 aromatic carbocycles. The fourth-order valence-corrected chi connectivity index (χ4v) is 3.21. The van der Waals surface area contributed by atoms with Crippen molar-refractivity contribution in [2.75, 3.05) is 0 Å². The van der Waals surface area contributed by atoms with Gasteiger partial charge in [-0.25, -0.2) is 0 Å². The maximum Gasteiger partial charge on any atom is 0.251 e. The summed E-state index contributed by atoms with van der Waals surface area (Å²) in [6.45, 7) is 2.01. The number of halogens is 1. The first-order valence-electron chi connectivity index (χ1n) is 7.14. The monoisotopic (exact) mass is 347 g/mol. The van der Waals surface area contributed by atoms with Crippen LogP contribution in [-0.4, -0.2) is 15.7 Å². The SMILES string of the molecule is Cc1ccc(C(=O)NC2CCCc3c2cnn3C)cc1Br. The number of hydrogen-bond donors (Lipinski definition) is 1. The molecule has 1 heterocycles. The minimum absolute atomic E-state index is 0.0302. The standard InChI is InChI=1S/C16H18BrN3O/c1-10-6-7-11(8-13(10)17)16(21)19-14-4-3-5-15-12(14)9-18-20(15)2/h6-9,14H,3-5H2,1-2H3,(H,19,21). The Kier molecular flexibility index (Phi) is 3.85. The Morgan fingerprint density at radius 2 is 2.29 bits per heavy atom. The van der Waals surface area contributed by atoms with Gasteiger partial charge in [-0.3, -0.25) is 9.48 Å². The van der Waals surface area contributed by atoms with E-state index in [1.54, 1.807) is 0 Å². The van der Waals surface area contributed by atoms with E-state index in [0.29, 0.717) is 5.56 Å². The van der Waals surface area contributed by atoms with Gasteiger partial charge in [0.1, 0.15) is 0 Å². The predicted molar refractivity (Wildman–Crippen MR) is 85.2 cm³/mol. The Morgan fingerprint density at radius 3 is 3.05 bits per heavy atom. The number of nitrogens with one attached hydrogen (secondary N) is 1. The van der Waals surface area contributed by atoms with E-state index >= 15 is 0 Å². The summed E-state index contributed by atoms with van der Waals surface area (Å²) in [6, 6.07) is 5.75. The Balaban J connectivity index is 1.81. The lowest BCUT2D eigenvalue weighted by Crippen LogP contribution is -2.31. The van der Waals surface area contributed by atoms with Crippen molar-refractivity contribution >= 4 is 21.8 Å². The summed E-state index contributed by atoms with van der Waals surface area (Å²) in [5.74, 6) is -0.0302. The van der Waals surface area contributed by atoms with Crippen molar-refractivity contribution in [3.63, 3.8) is 0 Å². The highest BCUT2D eigenvalue weighted by Crippen LogP contribution is 2.29. The van der Waals surface area contributed by atoms with Crippen molar-refractivity contribution in [1.82, 2.24) is 15.1 Å². The zero-order valence-electron chi connectivity index (χ0n) is 12.2. The lowest BCUT2D eigenvalue weighted by Gasteiger charge is -2.24. The second kappa shape index (κ2) is 5.64. The first-order valence-corrected chi connectivity index (χ1v) is 7.93. The maximum atomic E-state index is 12.4. The molecule has 4 nitrogen and oxygen atoms in total. The number of fused-ring (bicyclic) bond motifs is 1. The number of benzene rings is 1. The average Bonchev–Trinajstić information content (AvgIpc) is 2.85. The van der Waals surface area contributed by atoms with Gasteiger partial charge in [-0.05, 0) is 43.9 Å². The van der Waals surface area contributed by atoms with E-state index in [4.69, 9.17) is 0 Å². The molecule has 3 rings (SSSR count). The van der Waals surface area contributed by atoms with Gasteiger partial charge in [0.2, 0.25) is 0 Å². The van der Waals surface area contributed by atoms with E-state index < -0.39 is 0 Å². The molecule has 1 aliphatic carbocycles. The van der Waals surface area contributed by atoms with Crippen molar-refractivity contribution < 1.29 is 4.79 Å². The summed E-state index contributed by atoms with van der Waals surface area (Å²) in [4.78, 5) is 12.4. The molecule has 0 bridgehead atoms. The van der Waals surface area contributed by atoms with E-state index in [-0.39, 0.29) is 11.9 Å². The molecule has 0 spiro atoms. The molecular formula is C16H18BrN3O. The topological polar surface area (TPSA) is 46.9 Å². The first-order chi connectivity index (χ1) is 10.1. The number of aromatic nitrogens is 2. The molecule has 0 saturated carbocycles. The highest BCUT2D eigenvalue weighted by atomic mass is 79.9. The molecular weight excluding hydrogens is 330 g/mol. The van der Waals surface area contributed by atoms with Crippen LogP contribution in [0.5, 0.6) is 0 Å². The number of aryl methyl sites for hydroxylation is 2. The van der Waals surface area contributed by atoms with Crippen LogP contribution in [0.4, 0.5) is 0 Å². The zero-order chi connectivity index (χ0) is 15.0. The molecule has 1 atom stereocenters. The van der Waals surface area contributed by atoms with Crippen LogP contribution in [-0.2, 0) is 13.5 Å². The third-order valence-electron chi connectivity index (χ3n) is 4.12. The maximum absolute atomic E-state index is 12.4. The lowest BCUT2D eigenvalue weighted by atomic mass is 9.92. The number of rotatable bonds is 2. The van der Waals surface area contributed by atoms with E-state index in [0.717, 1.165) is 34.9 Å². The van der Waals surface area contributed by atoms with E-state index in [9.17, 15) is 4.79 Å². The molecule has 0 radical (unpaired) electrons. The van der Waals surface area contributed by atoms with Crippen molar-refractivity contribution in [3.8, 4) is 0 Å². The number of hydrogen-bond acceptors (Lipinski definition) is 2. The molecule has 110 valence electrons. The number of carbonyl (C=O) groups excluding carboxylic acids is 1. The second-order valence-corrected chi connectivity index (χ2v) is 6.41. The van der Waals surface area contributed by atoms with Gasteiger partial charge >= 0.3 is 0 Å². The van der Waals surface area contributed by atoms with E-state index in [2.05, 4.69) is 26.3 Å². The summed E-state index contributed by atoms with van der Waals surface area (Å²) in [5, 5.41) is 7.45. The van der Waals surface area contributed by atoms with Gasteiger partial charge in [0.25, 0.3) is 5.91 Å². The summed E-state index contributed by atoms with van der Waals surface area (Å²) in [6.07, 6.45) is 4.96. The summed E-state index contributed by atoms with van der Waals surface area (Å²) >= 11 is 3.48. The van der Waals surface area contributed by atoms with Crippen molar-refractivity contribution in [1.29, 1.82) is 0 Å². The molecule has 0 saturated heterocycles. The van der Waals surface area contributed by atoms with Gasteiger partial charge in [-0.1, -0.05) is 22.0 Å². The van der Waals surface area contributed by atoms with Crippen molar-refractivity contribution in [2.24, 2.45) is 7.05 Å². The molecule has 1 aliphatic rings. The molecule has 0 aliphatic heterocycles. The van der Waals surface area contributed by atoms with E-state index in [1.165, 1.54) is 5.69 Å². The Hall–Kier alpha value is -1.62. The quantitative estimate of drug-likeness (QED) is 0.905. The van der Waals surface area contributed by atoms with Gasteiger partial charge in [0, 0.05) is 28.3 Å². The van der Waals surface area contributed by atoms with Crippen LogP contribution in [0.15, 0.2) is 28.9 Å². The Bertz CT molecular complexity index is 693. The number of amides is 1. The molecule has 1 unspecified atom stereocenters. The Morgan fingerprint density at radius 1 is 1.48 bits per heavy atom. The smallest absolute Gasteiger partial charge is 0.251 e. The summed E-state index contributed by atoms with van der Waals surface area (Å²) in [5.41, 5.74) is 4.20. The zero-order valence-corrected chi connectivity index (χ0v) is 13.8. The van der Waals surface area contributed by atoms with Gasteiger partial charge in [-0.15, -0.1) is 0 Å². The summed E-state index contributed by atoms with van der Waals surface area (Å²) in [7, 11) is 1.96. The molecule has 0 fully saturated rings.